The van der Waals surface area contributed by atoms with Gasteiger partial charge in [0.15, 0.2) is 6.29 Å². The summed E-state index contributed by atoms with van der Waals surface area (Å²) in [5.41, 5.74) is 2.07. The number of piperidine rings is 1. The topological polar surface area (TPSA) is 42.0 Å². The molecule has 5 heteroatoms. The molecule has 136 valence electrons. The first-order valence-electron chi connectivity index (χ1n) is 9.63. The average molecular weight is 344 g/mol. The number of rotatable bonds is 4. The molecule has 0 saturated carbocycles. The summed E-state index contributed by atoms with van der Waals surface area (Å²) in [6, 6.07) is 8.18. The van der Waals surface area contributed by atoms with Crippen molar-refractivity contribution in [2.24, 2.45) is 5.92 Å². The summed E-state index contributed by atoms with van der Waals surface area (Å²) < 4.78 is 11.2. The van der Waals surface area contributed by atoms with Crippen LogP contribution in [0.5, 0.6) is 0 Å². The molecular weight excluding hydrogens is 316 g/mol. The van der Waals surface area contributed by atoms with Crippen LogP contribution in [-0.2, 0) is 16.0 Å². The molecule has 0 spiro atoms. The minimum Gasteiger partial charge on any atom is -0.350 e. The van der Waals surface area contributed by atoms with Crippen LogP contribution in [0.3, 0.4) is 0 Å². The Morgan fingerprint density at radius 1 is 1.04 bits per heavy atom. The van der Waals surface area contributed by atoms with Crippen molar-refractivity contribution in [2.75, 3.05) is 39.4 Å². The van der Waals surface area contributed by atoms with Crippen LogP contribution in [-0.4, -0.2) is 61.4 Å². The van der Waals surface area contributed by atoms with E-state index < -0.39 is 0 Å². The summed E-state index contributed by atoms with van der Waals surface area (Å²) in [6.07, 6.45) is 4.46. The zero-order valence-corrected chi connectivity index (χ0v) is 14.9. The number of hydrogen-bond acceptors (Lipinski definition) is 4. The number of hydrogen-bond donors (Lipinski definition) is 0. The Labute approximate surface area is 149 Å². The Kier molecular flexibility index (Phi) is 5.34. The average Bonchev–Trinajstić information content (AvgIpc) is 3.35. The second kappa shape index (κ2) is 7.85. The highest BCUT2D eigenvalue weighted by molar-refractivity contribution is 5.94. The fraction of sp³-hybridized carbons (Fsp3) is 0.650. The van der Waals surface area contributed by atoms with Gasteiger partial charge in [0.25, 0.3) is 5.91 Å². The maximum Gasteiger partial charge on any atom is 0.253 e. The maximum atomic E-state index is 12.9. The van der Waals surface area contributed by atoms with Gasteiger partial charge in [-0.3, -0.25) is 9.69 Å². The van der Waals surface area contributed by atoms with Gasteiger partial charge in [-0.15, -0.1) is 0 Å². The highest BCUT2D eigenvalue weighted by Gasteiger charge is 2.32. The normalized spacial score (nSPS) is 23.4. The van der Waals surface area contributed by atoms with Crippen molar-refractivity contribution in [3.8, 4) is 0 Å². The summed E-state index contributed by atoms with van der Waals surface area (Å²) >= 11 is 0. The molecule has 3 saturated heterocycles. The largest absolute Gasteiger partial charge is 0.350 e. The number of ether oxygens (including phenoxy) is 2. The van der Waals surface area contributed by atoms with E-state index in [1.165, 1.54) is 31.5 Å². The van der Waals surface area contributed by atoms with E-state index >= 15 is 0 Å². The van der Waals surface area contributed by atoms with E-state index in [4.69, 9.17) is 9.47 Å². The van der Waals surface area contributed by atoms with Crippen molar-refractivity contribution in [2.45, 2.75) is 38.5 Å². The Morgan fingerprint density at radius 2 is 1.76 bits per heavy atom. The SMILES string of the molecule is O=C(c1cccc(CN2CCCC2)c1)N1CCC(C2OCCO2)CC1. The van der Waals surface area contributed by atoms with Crippen LogP contribution in [0.4, 0.5) is 0 Å². The van der Waals surface area contributed by atoms with Crippen molar-refractivity contribution in [1.29, 1.82) is 0 Å². The molecule has 0 atom stereocenters. The lowest BCUT2D eigenvalue weighted by Crippen LogP contribution is -2.41. The van der Waals surface area contributed by atoms with Crippen molar-refractivity contribution < 1.29 is 14.3 Å². The predicted molar refractivity (Wildman–Crippen MR) is 95.3 cm³/mol. The number of carbonyl (C=O) groups excluding carboxylic acids is 1. The minimum absolute atomic E-state index is 0.0546. The third-order valence-electron chi connectivity index (χ3n) is 5.64. The molecule has 0 aliphatic carbocycles. The van der Waals surface area contributed by atoms with E-state index in [2.05, 4.69) is 17.0 Å². The van der Waals surface area contributed by atoms with Gasteiger partial charge in [-0.05, 0) is 56.5 Å². The minimum atomic E-state index is -0.0546. The van der Waals surface area contributed by atoms with E-state index in [1.807, 2.05) is 17.0 Å². The molecule has 1 aromatic rings. The molecule has 0 bridgehead atoms. The molecule has 3 aliphatic rings. The van der Waals surface area contributed by atoms with Gasteiger partial charge in [0.2, 0.25) is 0 Å². The lowest BCUT2D eigenvalue weighted by molar-refractivity contribution is -0.0956. The summed E-state index contributed by atoms with van der Waals surface area (Å²) in [5.74, 6) is 0.586. The Balaban J connectivity index is 1.34. The molecule has 0 radical (unpaired) electrons. The van der Waals surface area contributed by atoms with E-state index in [0.717, 1.165) is 38.0 Å². The molecule has 0 unspecified atom stereocenters. The van der Waals surface area contributed by atoms with Crippen LogP contribution in [0.25, 0.3) is 0 Å². The van der Waals surface area contributed by atoms with Crippen LogP contribution in [0.15, 0.2) is 24.3 Å². The number of amides is 1. The molecular formula is C20H28N2O3. The van der Waals surface area contributed by atoms with Crippen molar-refractivity contribution in [1.82, 2.24) is 9.80 Å². The van der Waals surface area contributed by atoms with Crippen molar-refractivity contribution in [3.05, 3.63) is 35.4 Å². The molecule has 3 fully saturated rings. The molecule has 3 aliphatic heterocycles. The van der Waals surface area contributed by atoms with Gasteiger partial charge in [-0.1, -0.05) is 12.1 Å². The molecule has 25 heavy (non-hydrogen) atoms. The lowest BCUT2D eigenvalue weighted by Gasteiger charge is -2.34. The predicted octanol–water partition coefficient (Wildman–Crippen LogP) is 2.51. The Morgan fingerprint density at radius 3 is 2.48 bits per heavy atom. The van der Waals surface area contributed by atoms with Gasteiger partial charge in [-0.2, -0.15) is 0 Å². The van der Waals surface area contributed by atoms with E-state index in [0.29, 0.717) is 19.1 Å². The molecule has 4 rings (SSSR count). The van der Waals surface area contributed by atoms with Gasteiger partial charge in [0.1, 0.15) is 0 Å². The van der Waals surface area contributed by atoms with Gasteiger partial charge in [0, 0.05) is 31.1 Å². The van der Waals surface area contributed by atoms with Crippen LogP contribution in [0.2, 0.25) is 0 Å². The lowest BCUT2D eigenvalue weighted by atomic mass is 9.95. The van der Waals surface area contributed by atoms with E-state index in [-0.39, 0.29) is 12.2 Å². The van der Waals surface area contributed by atoms with Crippen LogP contribution in [0.1, 0.15) is 41.6 Å². The third-order valence-corrected chi connectivity index (χ3v) is 5.64. The molecule has 0 aromatic heterocycles. The Hall–Kier alpha value is -1.43. The summed E-state index contributed by atoms with van der Waals surface area (Å²) in [5, 5.41) is 0. The number of carbonyl (C=O) groups is 1. The van der Waals surface area contributed by atoms with Crippen LogP contribution < -0.4 is 0 Å². The second-order valence-electron chi connectivity index (χ2n) is 7.42. The smallest absolute Gasteiger partial charge is 0.253 e. The summed E-state index contributed by atoms with van der Waals surface area (Å²) in [7, 11) is 0. The number of benzene rings is 1. The first kappa shape index (κ1) is 17.0. The van der Waals surface area contributed by atoms with E-state index in [1.54, 1.807) is 0 Å². The molecule has 1 amide bonds. The highest BCUT2D eigenvalue weighted by atomic mass is 16.7. The maximum absolute atomic E-state index is 12.9. The monoisotopic (exact) mass is 344 g/mol. The van der Waals surface area contributed by atoms with Gasteiger partial charge < -0.3 is 14.4 Å². The zero-order chi connectivity index (χ0) is 17.1. The molecule has 3 heterocycles. The van der Waals surface area contributed by atoms with Crippen molar-refractivity contribution in [3.63, 3.8) is 0 Å². The van der Waals surface area contributed by atoms with Gasteiger partial charge in [-0.25, -0.2) is 0 Å². The van der Waals surface area contributed by atoms with Crippen LogP contribution >= 0.6 is 0 Å². The van der Waals surface area contributed by atoms with Crippen molar-refractivity contribution >= 4 is 5.91 Å². The molecule has 0 N–H and O–H groups in total. The quantitative estimate of drug-likeness (QED) is 0.842. The first-order valence-corrected chi connectivity index (χ1v) is 9.63. The van der Waals surface area contributed by atoms with E-state index in [9.17, 15) is 4.79 Å². The second-order valence-corrected chi connectivity index (χ2v) is 7.42. The van der Waals surface area contributed by atoms with Gasteiger partial charge >= 0.3 is 0 Å². The van der Waals surface area contributed by atoms with Crippen LogP contribution in [0, 0.1) is 5.92 Å². The Bertz CT molecular complexity index is 586. The fourth-order valence-corrected chi connectivity index (χ4v) is 4.21. The number of nitrogens with zero attached hydrogens (tertiary/aromatic N) is 2. The first-order chi connectivity index (χ1) is 12.3. The summed E-state index contributed by atoms with van der Waals surface area (Å²) in [6.45, 7) is 6.31. The fourth-order valence-electron chi connectivity index (χ4n) is 4.21. The summed E-state index contributed by atoms with van der Waals surface area (Å²) in [4.78, 5) is 17.3. The number of likely N-dealkylation sites (tertiary alicyclic amines) is 2. The highest BCUT2D eigenvalue weighted by Crippen LogP contribution is 2.26. The zero-order valence-electron chi connectivity index (χ0n) is 14.9. The van der Waals surface area contributed by atoms with Gasteiger partial charge in [0.05, 0.1) is 13.2 Å². The molecule has 1 aromatic carbocycles. The third kappa shape index (κ3) is 4.05. The molecule has 5 nitrogen and oxygen atoms in total. The standard InChI is InChI=1S/C20H28N2O3/c23-19(22-10-6-17(7-11-22)20-24-12-13-25-20)18-5-3-4-16(14-18)15-21-8-1-2-9-21/h3-5,14,17,20H,1-2,6-13,15H2.